The Morgan fingerprint density at radius 3 is 1.28 bits per heavy atom. The predicted octanol–water partition coefficient (Wildman–Crippen LogP) is 14.0. The zero-order valence-corrected chi connectivity index (χ0v) is 32.6. The van der Waals surface area contributed by atoms with Gasteiger partial charge in [-0.05, 0) is 89.8 Å². The van der Waals surface area contributed by atoms with Crippen molar-refractivity contribution in [2.75, 3.05) is 0 Å². The number of alkyl halides is 9. The van der Waals surface area contributed by atoms with Crippen molar-refractivity contribution in [3.63, 3.8) is 0 Å². The van der Waals surface area contributed by atoms with Gasteiger partial charge in [-0.25, -0.2) is 3.63 Å². The van der Waals surface area contributed by atoms with Crippen LogP contribution in [0.1, 0.15) is 115 Å². The lowest BCUT2D eigenvalue weighted by Crippen LogP contribution is -2.63. The van der Waals surface area contributed by atoms with Gasteiger partial charge < -0.3 is 0 Å². The van der Waals surface area contributed by atoms with Crippen LogP contribution < -0.4 is 0 Å². The summed E-state index contributed by atoms with van der Waals surface area (Å²) in [5.74, 6) is -14.9. The Bertz CT molecular complexity index is 1630. The number of benzene rings is 3. The molecule has 3 nitrogen and oxygen atoms in total. The Morgan fingerprint density at radius 1 is 0.519 bits per heavy atom. The van der Waals surface area contributed by atoms with Crippen LogP contribution in [0.2, 0.25) is 0 Å². The molecule has 0 bridgehead atoms. The molecule has 0 spiro atoms. The van der Waals surface area contributed by atoms with Gasteiger partial charge in [-0.15, -0.1) is 0 Å². The van der Waals surface area contributed by atoms with E-state index in [4.69, 9.17) is 3.63 Å². The molecule has 3 rings (SSSR count). The van der Waals surface area contributed by atoms with E-state index < -0.39 is 43.7 Å². The number of hydrogen-bond donors (Lipinski definition) is 0. The van der Waals surface area contributed by atoms with Crippen molar-refractivity contribution in [2.45, 2.75) is 155 Å². The predicted molar refractivity (Wildman–Crippen MR) is 196 cm³/mol. The third-order valence-electron chi connectivity index (χ3n) is 9.28. The summed E-state index contributed by atoms with van der Waals surface area (Å²) in [4.78, 5) is 0.0269. The molecule has 0 aromatic heterocycles. The van der Waals surface area contributed by atoms with Crippen LogP contribution in [0.3, 0.4) is 0 Å². The third-order valence-corrected chi connectivity index (χ3v) is 14.7. The molecule has 0 amide bonds. The normalized spacial score (nSPS) is 13.7. The molecule has 0 heterocycles. The maximum Gasteiger partial charge on any atom is 0.460 e. The molecule has 304 valence electrons. The molecule has 0 unspecified atom stereocenters. The molecule has 0 aliphatic heterocycles. The molecule has 0 atom stereocenters. The molecule has 0 N–H and O–H groups in total. The highest BCUT2D eigenvalue weighted by molar-refractivity contribution is 8.33. The summed E-state index contributed by atoms with van der Waals surface area (Å²) in [7, 11) is -11.4. The molecule has 0 aliphatic carbocycles. The first-order chi connectivity index (χ1) is 25.4. The van der Waals surface area contributed by atoms with Crippen LogP contribution in [0.5, 0.6) is 0 Å². The summed E-state index contributed by atoms with van der Waals surface area (Å²) in [6, 6.07) is 18.0. The molecule has 54 heavy (non-hydrogen) atoms. The zero-order chi connectivity index (χ0) is 40.3. The molecule has 0 saturated heterocycles. The molecule has 3 aromatic rings. The van der Waals surface area contributed by atoms with Crippen molar-refractivity contribution in [2.24, 2.45) is 0 Å². The molecule has 0 aliphatic rings. The molecule has 3 aromatic carbocycles. The van der Waals surface area contributed by atoms with Crippen molar-refractivity contribution in [1.82, 2.24) is 0 Å². The average molecular weight is 815 g/mol. The maximum atomic E-state index is 15.7. The zero-order valence-electron chi connectivity index (χ0n) is 31.0. The van der Waals surface area contributed by atoms with Crippen LogP contribution in [0, 0.1) is 0 Å². The minimum atomic E-state index is -7.45. The highest BCUT2D eigenvalue weighted by Crippen LogP contribution is 2.73. The van der Waals surface area contributed by atoms with Crippen LogP contribution in [0.4, 0.5) is 39.5 Å². The lowest BCUT2D eigenvalue weighted by Gasteiger charge is -2.43. The van der Waals surface area contributed by atoms with Crippen molar-refractivity contribution >= 4 is 20.4 Å². The average Bonchev–Trinajstić information content (AvgIpc) is 3.13. The fourth-order valence-electron chi connectivity index (χ4n) is 6.36. The highest BCUT2D eigenvalue weighted by atomic mass is 32.3. The molecular formula is C40H51F9O3S2. The summed E-state index contributed by atoms with van der Waals surface area (Å²) in [6.45, 7) is 6.09. The van der Waals surface area contributed by atoms with E-state index in [1.54, 1.807) is 0 Å². The van der Waals surface area contributed by atoms with Gasteiger partial charge in [-0.2, -0.15) is 47.9 Å². The summed E-state index contributed by atoms with van der Waals surface area (Å²) < 4.78 is 162. The minimum absolute atomic E-state index is 0.0539. The lowest BCUT2D eigenvalue weighted by atomic mass is 9.95. The second kappa shape index (κ2) is 19.4. The number of hydrogen-bond acceptors (Lipinski definition) is 3. The topological polar surface area (TPSA) is 43.4 Å². The van der Waals surface area contributed by atoms with E-state index in [9.17, 15) is 39.2 Å². The van der Waals surface area contributed by atoms with E-state index in [1.807, 2.05) is 26.0 Å². The minimum Gasteiger partial charge on any atom is -0.202 e. The maximum absolute atomic E-state index is 15.7. The van der Waals surface area contributed by atoms with Crippen LogP contribution in [0.15, 0.2) is 87.5 Å². The standard InChI is InChI=1S/C40H51F9O3S2/c1-4-7-10-15-22-31-29-32(23-16-11-8-5-2)36(33(30-31)24-17-12-9-6-3)53(34-25-18-13-19-26-34,35-27-20-14-21-28-35)52-54(50,51)40(48,49)38(43,44)37(41,42)39(45,46)47/h13-14,18-21,25-30H,4-12,15-17,22-24H2,1-3H3. The van der Waals surface area contributed by atoms with Crippen molar-refractivity contribution in [1.29, 1.82) is 0 Å². The van der Waals surface area contributed by atoms with E-state index in [0.29, 0.717) is 43.2 Å². The Morgan fingerprint density at radius 2 is 0.907 bits per heavy atom. The Balaban J connectivity index is 2.52. The molecular weight excluding hydrogens is 764 g/mol. The van der Waals surface area contributed by atoms with Gasteiger partial charge in [0.15, 0.2) is 0 Å². The van der Waals surface area contributed by atoms with E-state index in [2.05, 4.69) is 6.92 Å². The van der Waals surface area contributed by atoms with Gasteiger partial charge in [0.25, 0.3) is 0 Å². The molecule has 14 heteroatoms. The van der Waals surface area contributed by atoms with Gasteiger partial charge in [0, 0.05) is 14.7 Å². The SMILES string of the molecule is CCCCCCc1cc(CCCCCC)c(S(OS(=O)(=O)C(F)(F)C(F)(F)C(F)(F)C(F)(F)F)(c2ccccc2)c2ccccc2)c(CCCCCC)c1. The van der Waals surface area contributed by atoms with E-state index in [1.165, 1.54) is 60.7 Å². The third kappa shape index (κ3) is 9.99. The second-order valence-electron chi connectivity index (χ2n) is 13.5. The summed E-state index contributed by atoms with van der Waals surface area (Å²) in [6.07, 6.45) is 3.89. The number of halogens is 9. The summed E-state index contributed by atoms with van der Waals surface area (Å²) >= 11 is 0. The van der Waals surface area contributed by atoms with Gasteiger partial charge in [0.05, 0.1) is 0 Å². The van der Waals surface area contributed by atoms with Crippen molar-refractivity contribution < 1.29 is 51.6 Å². The first-order valence-electron chi connectivity index (χ1n) is 18.6. The lowest BCUT2D eigenvalue weighted by molar-refractivity contribution is -0.382. The van der Waals surface area contributed by atoms with Crippen LogP contribution in [-0.4, -0.2) is 31.7 Å². The van der Waals surface area contributed by atoms with Gasteiger partial charge in [-0.1, -0.05) is 127 Å². The van der Waals surface area contributed by atoms with Crippen LogP contribution in [0.25, 0.3) is 0 Å². The van der Waals surface area contributed by atoms with Crippen molar-refractivity contribution in [3.8, 4) is 0 Å². The number of rotatable bonds is 23. The van der Waals surface area contributed by atoms with Gasteiger partial charge >= 0.3 is 33.4 Å². The monoisotopic (exact) mass is 814 g/mol. The number of aryl methyl sites for hydroxylation is 3. The van der Waals surface area contributed by atoms with Crippen molar-refractivity contribution in [3.05, 3.63) is 89.5 Å². The van der Waals surface area contributed by atoms with Gasteiger partial charge in [0.2, 0.25) is 0 Å². The van der Waals surface area contributed by atoms with Crippen LogP contribution in [-0.2, 0) is 33.0 Å². The first-order valence-corrected chi connectivity index (χ1v) is 21.6. The molecule has 0 radical (unpaired) electrons. The summed E-state index contributed by atoms with van der Waals surface area (Å²) in [5, 5.41) is -7.04. The Hall–Kier alpha value is -2.71. The molecule has 0 saturated carbocycles. The second-order valence-corrected chi connectivity index (χ2v) is 18.0. The van der Waals surface area contributed by atoms with E-state index in [-0.39, 0.29) is 14.7 Å². The molecule has 0 fully saturated rings. The Kier molecular flexibility index (Phi) is 16.4. The Labute approximate surface area is 315 Å². The fraction of sp³-hybridized carbons (Fsp3) is 0.550. The van der Waals surface area contributed by atoms with Gasteiger partial charge in [-0.3, -0.25) is 0 Å². The van der Waals surface area contributed by atoms with Crippen LogP contribution >= 0.6 is 10.3 Å². The smallest absolute Gasteiger partial charge is 0.202 e. The highest BCUT2D eigenvalue weighted by Gasteiger charge is 2.86. The van der Waals surface area contributed by atoms with Gasteiger partial charge in [0.1, 0.15) is 0 Å². The van der Waals surface area contributed by atoms with E-state index in [0.717, 1.165) is 69.8 Å². The number of unbranched alkanes of at least 4 members (excludes halogenated alkanes) is 9. The largest absolute Gasteiger partial charge is 0.460 e. The fourth-order valence-corrected chi connectivity index (χ4v) is 12.0. The first kappa shape index (κ1) is 45.7. The van der Waals surface area contributed by atoms with E-state index >= 15 is 8.78 Å². The quantitative estimate of drug-likeness (QED) is 0.0707. The summed E-state index contributed by atoms with van der Waals surface area (Å²) in [5.41, 5.74) is 1.92.